The van der Waals surface area contributed by atoms with E-state index in [9.17, 15) is 0 Å². The van der Waals surface area contributed by atoms with Gasteiger partial charge in [-0.3, -0.25) is 0 Å². The molecule has 4 heteroatoms. The monoisotopic (exact) mass is 263 g/mol. The van der Waals surface area contributed by atoms with Crippen LogP contribution in [0.5, 0.6) is 0 Å². The Morgan fingerprint density at radius 3 is 2.33 bits per heavy atom. The van der Waals surface area contributed by atoms with Crippen LogP contribution in [0.4, 0.5) is 0 Å². The molecule has 2 rings (SSSR count). The maximum atomic E-state index is 6.15. The van der Waals surface area contributed by atoms with Crippen molar-refractivity contribution in [3.05, 3.63) is 46.2 Å². The predicted molar refractivity (Wildman–Crippen MR) is 75.3 cm³/mol. The molecule has 1 heterocycles. The minimum Gasteiger partial charge on any atom is -0.324 e. The van der Waals surface area contributed by atoms with Gasteiger partial charge in [0, 0.05) is 6.04 Å². The molecule has 96 valence electrons. The van der Waals surface area contributed by atoms with Gasteiger partial charge in [-0.05, 0) is 38.0 Å². The molecule has 0 saturated heterocycles. The summed E-state index contributed by atoms with van der Waals surface area (Å²) in [6, 6.07) is 8.26. The van der Waals surface area contributed by atoms with Gasteiger partial charge in [0.2, 0.25) is 0 Å². The van der Waals surface area contributed by atoms with Crippen LogP contribution in [0.25, 0.3) is 5.69 Å². The Hall–Kier alpha value is -1.32. The average Bonchev–Trinajstić information content (AvgIpc) is 2.66. The normalized spacial score (nSPS) is 12.7. The third-order valence-corrected chi connectivity index (χ3v) is 3.76. The van der Waals surface area contributed by atoms with E-state index in [4.69, 9.17) is 17.3 Å². The molecule has 0 fully saturated rings. The van der Waals surface area contributed by atoms with Crippen LogP contribution in [0.1, 0.15) is 36.3 Å². The van der Waals surface area contributed by atoms with Gasteiger partial charge in [0.25, 0.3) is 0 Å². The van der Waals surface area contributed by atoms with Gasteiger partial charge < -0.3 is 5.73 Å². The summed E-state index contributed by atoms with van der Waals surface area (Å²) in [6.07, 6.45) is 0.936. The molecule has 18 heavy (non-hydrogen) atoms. The summed E-state index contributed by atoms with van der Waals surface area (Å²) < 4.78 is 1.86. The molecule has 2 N–H and O–H groups in total. The summed E-state index contributed by atoms with van der Waals surface area (Å²) in [5.41, 5.74) is 9.96. The molecular weight excluding hydrogens is 246 g/mol. The molecule has 2 aromatic rings. The number of nitrogens with zero attached hydrogens (tertiary/aromatic N) is 2. The molecule has 0 spiro atoms. The third kappa shape index (κ3) is 2.28. The lowest BCUT2D eigenvalue weighted by atomic mass is 10.1. The maximum Gasteiger partial charge on any atom is 0.0848 e. The van der Waals surface area contributed by atoms with Crippen LogP contribution in [-0.4, -0.2) is 9.78 Å². The van der Waals surface area contributed by atoms with Crippen LogP contribution in [0.2, 0.25) is 5.02 Å². The first-order chi connectivity index (χ1) is 8.54. The van der Waals surface area contributed by atoms with Crippen molar-refractivity contribution < 1.29 is 0 Å². The highest BCUT2D eigenvalue weighted by Crippen LogP contribution is 2.23. The quantitative estimate of drug-likeness (QED) is 0.920. The maximum absolute atomic E-state index is 6.15. The van der Waals surface area contributed by atoms with Crippen molar-refractivity contribution in [3.63, 3.8) is 0 Å². The van der Waals surface area contributed by atoms with Crippen molar-refractivity contribution in [1.29, 1.82) is 0 Å². The molecular formula is C14H18ClN3. The van der Waals surface area contributed by atoms with Crippen LogP contribution >= 0.6 is 11.6 Å². The first kappa shape index (κ1) is 13.1. The molecule has 0 aliphatic carbocycles. The van der Waals surface area contributed by atoms with Crippen molar-refractivity contribution in [2.24, 2.45) is 5.73 Å². The number of rotatable bonds is 3. The molecule has 1 aromatic heterocycles. The lowest BCUT2D eigenvalue weighted by Gasteiger charge is -2.10. The van der Waals surface area contributed by atoms with E-state index in [0.29, 0.717) is 0 Å². The zero-order valence-electron chi connectivity index (χ0n) is 10.9. The van der Waals surface area contributed by atoms with Crippen LogP contribution in [0.15, 0.2) is 24.3 Å². The smallest absolute Gasteiger partial charge is 0.0848 e. The fourth-order valence-corrected chi connectivity index (χ4v) is 2.09. The molecule has 0 bridgehead atoms. The zero-order valence-corrected chi connectivity index (χ0v) is 11.7. The van der Waals surface area contributed by atoms with Gasteiger partial charge in [-0.15, -0.1) is 0 Å². The highest BCUT2D eigenvalue weighted by Gasteiger charge is 2.11. The Morgan fingerprint density at radius 2 is 1.89 bits per heavy atom. The van der Waals surface area contributed by atoms with Gasteiger partial charge in [0.05, 0.1) is 22.1 Å². The van der Waals surface area contributed by atoms with Gasteiger partial charge >= 0.3 is 0 Å². The third-order valence-electron chi connectivity index (χ3n) is 3.21. The number of aromatic nitrogens is 2. The van der Waals surface area contributed by atoms with Crippen LogP contribution in [-0.2, 0) is 0 Å². The molecule has 1 aromatic carbocycles. The first-order valence-electron chi connectivity index (χ1n) is 6.12. The zero-order chi connectivity index (χ0) is 13.3. The summed E-state index contributed by atoms with van der Waals surface area (Å²) >= 11 is 6.15. The van der Waals surface area contributed by atoms with E-state index in [1.807, 2.05) is 42.8 Å². The predicted octanol–water partition coefficient (Wildman–Crippen LogP) is 3.55. The second kappa shape index (κ2) is 5.12. The summed E-state index contributed by atoms with van der Waals surface area (Å²) in [5, 5.41) is 5.15. The second-order valence-electron chi connectivity index (χ2n) is 4.50. The Bertz CT molecular complexity index is 543. The first-order valence-corrected chi connectivity index (χ1v) is 6.50. The van der Waals surface area contributed by atoms with E-state index in [2.05, 4.69) is 12.0 Å². The average molecular weight is 264 g/mol. The molecule has 3 nitrogen and oxygen atoms in total. The SMILES string of the molecule is CC[C@@H](N)c1ccc(-n2nc(C)c(Cl)c2C)cc1. The number of nitrogens with two attached hydrogens (primary N) is 1. The second-order valence-corrected chi connectivity index (χ2v) is 4.88. The van der Waals surface area contributed by atoms with E-state index < -0.39 is 0 Å². The minimum absolute atomic E-state index is 0.100. The molecule has 1 atom stereocenters. The largest absolute Gasteiger partial charge is 0.324 e. The highest BCUT2D eigenvalue weighted by atomic mass is 35.5. The van der Waals surface area contributed by atoms with Crippen molar-refractivity contribution in [2.45, 2.75) is 33.2 Å². The molecule has 0 aliphatic heterocycles. The van der Waals surface area contributed by atoms with E-state index in [1.54, 1.807) is 0 Å². The van der Waals surface area contributed by atoms with E-state index >= 15 is 0 Å². The van der Waals surface area contributed by atoms with Gasteiger partial charge in [0.15, 0.2) is 0 Å². The van der Waals surface area contributed by atoms with Crippen molar-refractivity contribution in [2.75, 3.05) is 0 Å². The summed E-state index contributed by atoms with van der Waals surface area (Å²) in [7, 11) is 0. The molecule has 0 unspecified atom stereocenters. The Labute approximate surface area is 113 Å². The Kier molecular flexibility index (Phi) is 3.73. The molecule has 0 saturated carbocycles. The topological polar surface area (TPSA) is 43.8 Å². The van der Waals surface area contributed by atoms with Crippen molar-refractivity contribution >= 4 is 11.6 Å². The number of aryl methyl sites for hydroxylation is 1. The van der Waals surface area contributed by atoms with Gasteiger partial charge in [-0.2, -0.15) is 5.10 Å². The van der Waals surface area contributed by atoms with Crippen LogP contribution in [0, 0.1) is 13.8 Å². The standard InChI is InChI=1S/C14H18ClN3/c1-4-13(16)11-5-7-12(8-6-11)18-10(3)14(15)9(2)17-18/h5-8,13H,4,16H2,1-3H3/t13-/m1/s1. The fourth-order valence-electron chi connectivity index (χ4n) is 1.97. The number of benzene rings is 1. The van der Waals surface area contributed by atoms with Gasteiger partial charge in [0.1, 0.15) is 0 Å². The van der Waals surface area contributed by atoms with E-state index in [1.165, 1.54) is 0 Å². The number of hydrogen-bond donors (Lipinski definition) is 1. The van der Waals surface area contributed by atoms with Crippen molar-refractivity contribution in [3.8, 4) is 5.69 Å². The van der Waals surface area contributed by atoms with E-state index in [0.717, 1.165) is 34.1 Å². The summed E-state index contributed by atoms with van der Waals surface area (Å²) in [4.78, 5) is 0. The molecule has 0 radical (unpaired) electrons. The molecule has 0 amide bonds. The van der Waals surface area contributed by atoms with Crippen LogP contribution in [0.3, 0.4) is 0 Å². The minimum atomic E-state index is 0.100. The lowest BCUT2D eigenvalue weighted by molar-refractivity contribution is 0.698. The van der Waals surface area contributed by atoms with Gasteiger partial charge in [-0.1, -0.05) is 30.7 Å². The summed E-state index contributed by atoms with van der Waals surface area (Å²) in [6.45, 7) is 5.96. The highest BCUT2D eigenvalue weighted by molar-refractivity contribution is 6.31. The molecule has 0 aliphatic rings. The van der Waals surface area contributed by atoms with Crippen LogP contribution < -0.4 is 5.73 Å². The van der Waals surface area contributed by atoms with Gasteiger partial charge in [-0.25, -0.2) is 4.68 Å². The number of hydrogen-bond acceptors (Lipinski definition) is 2. The summed E-state index contributed by atoms with van der Waals surface area (Å²) in [5.74, 6) is 0. The van der Waals surface area contributed by atoms with E-state index in [-0.39, 0.29) is 6.04 Å². The lowest BCUT2D eigenvalue weighted by Crippen LogP contribution is -2.08. The van der Waals surface area contributed by atoms with Crippen molar-refractivity contribution in [1.82, 2.24) is 9.78 Å². The fraction of sp³-hybridized carbons (Fsp3) is 0.357. The Morgan fingerprint density at radius 1 is 1.28 bits per heavy atom. The Balaban J connectivity index is 2.37. The number of halogens is 1.